The maximum absolute atomic E-state index is 5.77. The fourth-order valence-electron chi connectivity index (χ4n) is 1.34. The molecule has 68 valence electrons. The minimum absolute atomic E-state index is 0.530. The summed E-state index contributed by atoms with van der Waals surface area (Å²) in [7, 11) is 1.69. The largest absolute Gasteiger partial charge is 0.495 e. The molecule has 0 aliphatic rings. The van der Waals surface area contributed by atoms with Gasteiger partial charge in [0.2, 0.25) is 0 Å². The Kier molecular flexibility index (Phi) is 2.42. The Balaban J connectivity index is 2.70. The van der Waals surface area contributed by atoms with Gasteiger partial charge in [-0.25, -0.2) is 0 Å². The number of thiophene rings is 1. The lowest BCUT2D eigenvalue weighted by Gasteiger charge is -2.03. The summed E-state index contributed by atoms with van der Waals surface area (Å²) in [6.07, 6.45) is 0. The van der Waals surface area contributed by atoms with Gasteiger partial charge in [-0.05, 0) is 34.5 Å². The lowest BCUT2D eigenvalue weighted by molar-refractivity contribution is 0.420. The summed E-state index contributed by atoms with van der Waals surface area (Å²) in [5.74, 6) is 1.45. The van der Waals surface area contributed by atoms with Crippen molar-refractivity contribution in [1.82, 2.24) is 0 Å². The molecular formula is C10H9ClOS. The fraction of sp³-hybridized carbons (Fsp3) is 0.200. The highest BCUT2D eigenvalue weighted by Gasteiger charge is 2.04. The first kappa shape index (κ1) is 8.85. The highest BCUT2D eigenvalue weighted by Crippen LogP contribution is 2.32. The predicted octanol–water partition coefficient (Wildman–Crippen LogP) is 3.65. The molecule has 0 spiro atoms. The zero-order valence-corrected chi connectivity index (χ0v) is 8.78. The normalized spacial score (nSPS) is 10.6. The lowest BCUT2D eigenvalue weighted by Crippen LogP contribution is -1.85. The van der Waals surface area contributed by atoms with E-state index in [2.05, 4.69) is 17.5 Å². The van der Waals surface area contributed by atoms with E-state index in [0.717, 1.165) is 11.3 Å². The number of benzene rings is 1. The van der Waals surface area contributed by atoms with Crippen LogP contribution in [-0.4, -0.2) is 7.11 Å². The average Bonchev–Trinajstić information content (AvgIpc) is 2.63. The smallest absolute Gasteiger partial charge is 0.136 e. The van der Waals surface area contributed by atoms with Crippen molar-refractivity contribution in [1.29, 1.82) is 0 Å². The molecule has 3 heteroatoms. The number of methoxy groups -OCH3 is 1. The van der Waals surface area contributed by atoms with E-state index in [1.807, 2.05) is 6.07 Å². The Bertz CT molecular complexity index is 422. The third-order valence-corrected chi connectivity index (χ3v) is 3.20. The van der Waals surface area contributed by atoms with Crippen molar-refractivity contribution in [3.05, 3.63) is 29.1 Å². The van der Waals surface area contributed by atoms with Gasteiger partial charge in [-0.3, -0.25) is 0 Å². The van der Waals surface area contributed by atoms with Crippen LogP contribution in [0.2, 0.25) is 0 Å². The van der Waals surface area contributed by atoms with Crippen LogP contribution in [-0.2, 0) is 5.88 Å². The number of ether oxygens (including phenoxy) is 1. The van der Waals surface area contributed by atoms with Crippen molar-refractivity contribution in [2.24, 2.45) is 0 Å². The zero-order valence-electron chi connectivity index (χ0n) is 7.21. The summed E-state index contributed by atoms with van der Waals surface area (Å²) in [5.41, 5.74) is 1.10. The summed E-state index contributed by atoms with van der Waals surface area (Å²) in [4.78, 5) is 0. The number of hydrogen-bond acceptors (Lipinski definition) is 2. The number of alkyl halides is 1. The molecule has 1 aromatic heterocycles. The van der Waals surface area contributed by atoms with Crippen LogP contribution in [0.5, 0.6) is 5.75 Å². The van der Waals surface area contributed by atoms with Crippen molar-refractivity contribution < 1.29 is 4.74 Å². The molecule has 13 heavy (non-hydrogen) atoms. The Morgan fingerprint density at radius 1 is 1.46 bits per heavy atom. The maximum Gasteiger partial charge on any atom is 0.136 e. The molecular weight excluding hydrogens is 204 g/mol. The Morgan fingerprint density at radius 3 is 3.00 bits per heavy atom. The van der Waals surface area contributed by atoms with Crippen molar-refractivity contribution in [2.45, 2.75) is 5.88 Å². The summed E-state index contributed by atoms with van der Waals surface area (Å²) in [6, 6.07) is 6.17. The zero-order chi connectivity index (χ0) is 9.26. The van der Waals surface area contributed by atoms with Gasteiger partial charge in [-0.1, -0.05) is 0 Å². The van der Waals surface area contributed by atoms with Gasteiger partial charge in [0.25, 0.3) is 0 Å². The van der Waals surface area contributed by atoms with Gasteiger partial charge in [-0.15, -0.1) is 22.9 Å². The van der Waals surface area contributed by atoms with Crippen molar-refractivity contribution >= 4 is 33.0 Å². The van der Waals surface area contributed by atoms with Gasteiger partial charge < -0.3 is 4.74 Å². The number of hydrogen-bond donors (Lipinski definition) is 0. The summed E-state index contributed by atoms with van der Waals surface area (Å²) >= 11 is 7.46. The van der Waals surface area contributed by atoms with E-state index >= 15 is 0 Å². The van der Waals surface area contributed by atoms with Crippen LogP contribution in [0, 0.1) is 0 Å². The van der Waals surface area contributed by atoms with Gasteiger partial charge >= 0.3 is 0 Å². The summed E-state index contributed by atoms with van der Waals surface area (Å²) in [6.45, 7) is 0. The Labute approximate surface area is 85.9 Å². The quantitative estimate of drug-likeness (QED) is 0.691. The molecule has 0 saturated heterocycles. The van der Waals surface area contributed by atoms with Crippen LogP contribution in [0.3, 0.4) is 0 Å². The van der Waals surface area contributed by atoms with E-state index < -0.39 is 0 Å². The number of rotatable bonds is 2. The minimum atomic E-state index is 0.530. The van der Waals surface area contributed by atoms with Gasteiger partial charge in [0.15, 0.2) is 0 Å². The Hall–Kier alpha value is -0.730. The first-order valence-corrected chi connectivity index (χ1v) is 5.36. The van der Waals surface area contributed by atoms with Crippen LogP contribution in [0.1, 0.15) is 5.56 Å². The molecule has 0 bridgehead atoms. The molecule has 0 aliphatic carbocycles. The molecule has 0 amide bonds. The predicted molar refractivity (Wildman–Crippen MR) is 57.9 cm³/mol. The molecule has 0 radical (unpaired) electrons. The molecule has 0 unspecified atom stereocenters. The molecule has 1 aromatic carbocycles. The highest BCUT2D eigenvalue weighted by molar-refractivity contribution is 7.17. The minimum Gasteiger partial charge on any atom is -0.495 e. The second-order valence-electron chi connectivity index (χ2n) is 2.77. The number of fused-ring (bicyclic) bond motifs is 1. The fourth-order valence-corrected chi connectivity index (χ4v) is 2.36. The molecule has 0 N–H and O–H groups in total. The molecule has 2 rings (SSSR count). The first-order chi connectivity index (χ1) is 6.35. The van der Waals surface area contributed by atoms with Crippen LogP contribution in [0.25, 0.3) is 10.1 Å². The SMILES string of the molecule is COc1cc(CCl)cc2ccsc12. The van der Waals surface area contributed by atoms with E-state index in [0.29, 0.717) is 5.88 Å². The molecule has 1 heterocycles. The van der Waals surface area contributed by atoms with Gasteiger partial charge in [-0.2, -0.15) is 0 Å². The second kappa shape index (κ2) is 3.56. The van der Waals surface area contributed by atoms with Crippen LogP contribution in [0.15, 0.2) is 23.6 Å². The first-order valence-electron chi connectivity index (χ1n) is 3.95. The van der Waals surface area contributed by atoms with Gasteiger partial charge in [0.1, 0.15) is 5.75 Å². The van der Waals surface area contributed by atoms with Gasteiger partial charge in [0.05, 0.1) is 11.8 Å². The average molecular weight is 213 g/mol. The molecule has 2 aromatic rings. The molecule has 0 saturated carbocycles. The Morgan fingerprint density at radius 2 is 2.31 bits per heavy atom. The standard InChI is InChI=1S/C10H9ClOS/c1-12-9-5-7(6-11)4-8-2-3-13-10(8)9/h2-5H,6H2,1H3. The van der Waals surface area contributed by atoms with E-state index in [-0.39, 0.29) is 0 Å². The van der Waals surface area contributed by atoms with E-state index in [4.69, 9.17) is 16.3 Å². The number of halogens is 1. The maximum atomic E-state index is 5.77. The topological polar surface area (TPSA) is 9.23 Å². The molecule has 1 nitrogen and oxygen atoms in total. The van der Waals surface area contributed by atoms with Gasteiger partial charge in [0, 0.05) is 5.88 Å². The van der Waals surface area contributed by atoms with E-state index in [1.165, 1.54) is 10.1 Å². The molecule has 0 atom stereocenters. The third kappa shape index (κ3) is 1.52. The highest BCUT2D eigenvalue weighted by atomic mass is 35.5. The van der Waals surface area contributed by atoms with Crippen molar-refractivity contribution in [3.63, 3.8) is 0 Å². The molecule has 0 aliphatic heterocycles. The van der Waals surface area contributed by atoms with Crippen LogP contribution < -0.4 is 4.74 Å². The summed E-state index contributed by atoms with van der Waals surface area (Å²) in [5, 5.41) is 3.27. The lowest BCUT2D eigenvalue weighted by atomic mass is 10.2. The van der Waals surface area contributed by atoms with Crippen LogP contribution >= 0.6 is 22.9 Å². The summed E-state index contributed by atoms with van der Waals surface area (Å²) < 4.78 is 6.47. The third-order valence-electron chi connectivity index (χ3n) is 1.95. The van der Waals surface area contributed by atoms with Crippen molar-refractivity contribution in [3.8, 4) is 5.75 Å². The molecule has 0 fully saturated rings. The van der Waals surface area contributed by atoms with E-state index in [9.17, 15) is 0 Å². The van der Waals surface area contributed by atoms with Crippen LogP contribution in [0.4, 0.5) is 0 Å². The van der Waals surface area contributed by atoms with Crippen molar-refractivity contribution in [2.75, 3.05) is 7.11 Å². The monoisotopic (exact) mass is 212 g/mol. The van der Waals surface area contributed by atoms with E-state index in [1.54, 1.807) is 18.4 Å². The second-order valence-corrected chi connectivity index (χ2v) is 3.95.